The summed E-state index contributed by atoms with van der Waals surface area (Å²) in [4.78, 5) is 31.3. The Labute approximate surface area is 254 Å². The molecule has 0 saturated heterocycles. The Kier molecular flexibility index (Phi) is 10.1. The minimum Gasteiger partial charge on any atom is -0.505 e. The lowest BCUT2D eigenvalue weighted by atomic mass is 10.00. The van der Waals surface area contributed by atoms with Crippen molar-refractivity contribution < 1.29 is 51.2 Å². The van der Waals surface area contributed by atoms with E-state index in [1.54, 1.807) is 0 Å². The summed E-state index contributed by atoms with van der Waals surface area (Å²) in [6.07, 6.45) is -2.62. The molecule has 0 radical (unpaired) electrons. The maximum absolute atomic E-state index is 13.9. The lowest BCUT2D eigenvalue weighted by Gasteiger charge is -2.26. The number of carbonyl (C=O) groups excluding carboxylic acids is 2. The molecule has 0 bridgehead atoms. The summed E-state index contributed by atoms with van der Waals surface area (Å²) in [6, 6.07) is 7.28. The number of ether oxygens (including phenoxy) is 1. The van der Waals surface area contributed by atoms with Crippen LogP contribution in [-0.4, -0.2) is 81.7 Å². The minimum atomic E-state index is -4.82. The number of pyridine rings is 1. The fourth-order valence-electron chi connectivity index (χ4n) is 4.70. The van der Waals surface area contributed by atoms with E-state index in [2.05, 4.69) is 10.1 Å². The molecule has 0 unspecified atom stereocenters. The van der Waals surface area contributed by atoms with E-state index in [1.165, 1.54) is 74.3 Å². The van der Waals surface area contributed by atoms with Crippen LogP contribution in [0.3, 0.4) is 0 Å². The Morgan fingerprint density at radius 1 is 1.16 bits per heavy atom. The smallest absolute Gasteiger partial charge is 0.412 e. The standard InChI is InChI=1S/C29H31F4N4O7P/c1-4-43-28(41)17(2)35-45(42,44-16-29(31,32)33)13-12-36(3)26(39)22-20-6-5-11-34-24(20)25(38)23-21(22)15-37(27(23)40)14-18-7-9-19(30)10-8-18/h5-11,15,17,38,40H,4,12-14,16H2,1-3H3,(H,35,42)/t17-,45-/m0/s1. The number of fused-ring (bicyclic) bond motifs is 2. The zero-order valence-electron chi connectivity index (χ0n) is 24.5. The van der Waals surface area contributed by atoms with E-state index < -0.39 is 61.8 Å². The van der Waals surface area contributed by atoms with Gasteiger partial charge in [-0.1, -0.05) is 18.2 Å². The molecule has 16 heteroatoms. The SMILES string of the molecule is CCOC(=O)[C@H](C)N[P@](=O)(CCN(C)C(=O)c1c2cccnc2c(O)c2c(O)n(Cc3ccc(F)cc3)cc12)OCC(F)(F)F. The van der Waals surface area contributed by atoms with Crippen molar-refractivity contribution in [2.45, 2.75) is 32.6 Å². The summed E-state index contributed by atoms with van der Waals surface area (Å²) >= 11 is 0. The molecular weight excluding hydrogens is 623 g/mol. The van der Waals surface area contributed by atoms with Gasteiger partial charge in [-0.2, -0.15) is 13.2 Å². The number of benzene rings is 2. The van der Waals surface area contributed by atoms with Crippen molar-refractivity contribution in [2.24, 2.45) is 0 Å². The number of carbonyl (C=O) groups is 2. The highest BCUT2D eigenvalue weighted by Crippen LogP contribution is 2.45. The third-order valence-electron chi connectivity index (χ3n) is 6.88. The van der Waals surface area contributed by atoms with E-state index in [0.717, 1.165) is 4.90 Å². The lowest BCUT2D eigenvalue weighted by molar-refractivity contribution is -0.153. The highest BCUT2D eigenvalue weighted by Gasteiger charge is 2.36. The van der Waals surface area contributed by atoms with Crippen LogP contribution in [0.25, 0.3) is 21.7 Å². The highest BCUT2D eigenvalue weighted by molar-refractivity contribution is 7.57. The number of phenols is 1. The van der Waals surface area contributed by atoms with Crippen LogP contribution in [0.2, 0.25) is 0 Å². The molecule has 2 aromatic carbocycles. The number of aromatic nitrogens is 2. The lowest BCUT2D eigenvalue weighted by Crippen LogP contribution is -2.37. The topological polar surface area (TPSA) is 143 Å². The second-order valence-corrected chi connectivity index (χ2v) is 12.5. The van der Waals surface area contributed by atoms with Crippen molar-refractivity contribution in [2.75, 3.05) is 33.0 Å². The molecule has 4 aromatic rings. The molecule has 2 aromatic heterocycles. The zero-order chi connectivity index (χ0) is 33.1. The quantitative estimate of drug-likeness (QED) is 0.107. The first kappa shape index (κ1) is 33.7. The van der Waals surface area contributed by atoms with Crippen molar-refractivity contribution >= 4 is 41.1 Å². The molecule has 0 aliphatic rings. The number of rotatable bonds is 12. The highest BCUT2D eigenvalue weighted by atomic mass is 31.2. The summed E-state index contributed by atoms with van der Waals surface area (Å²) in [6.45, 7) is 0.578. The van der Waals surface area contributed by atoms with Gasteiger partial charge in [-0.05, 0) is 37.6 Å². The van der Waals surface area contributed by atoms with E-state index in [-0.39, 0.29) is 46.9 Å². The summed E-state index contributed by atoms with van der Waals surface area (Å²) < 4.78 is 76.7. The Morgan fingerprint density at radius 2 is 1.84 bits per heavy atom. The average Bonchev–Trinajstić information content (AvgIpc) is 3.31. The summed E-state index contributed by atoms with van der Waals surface area (Å²) in [5.41, 5.74) is 0.611. The molecule has 0 spiro atoms. The molecule has 11 nitrogen and oxygen atoms in total. The Balaban J connectivity index is 1.69. The molecule has 1 amide bonds. The van der Waals surface area contributed by atoms with Crippen LogP contribution in [0, 0.1) is 5.82 Å². The van der Waals surface area contributed by atoms with Gasteiger partial charge in [-0.25, -0.2) is 9.48 Å². The molecule has 0 fully saturated rings. The molecule has 0 aliphatic heterocycles. The van der Waals surface area contributed by atoms with Crippen LogP contribution in [0.5, 0.6) is 11.6 Å². The number of phenolic OH excluding ortho intramolecular Hbond substituents is 1. The van der Waals surface area contributed by atoms with Crippen molar-refractivity contribution in [3.63, 3.8) is 0 Å². The van der Waals surface area contributed by atoms with Gasteiger partial charge in [0.1, 0.15) is 17.4 Å². The van der Waals surface area contributed by atoms with E-state index >= 15 is 0 Å². The molecule has 0 saturated carbocycles. The van der Waals surface area contributed by atoms with Crippen LogP contribution in [0.15, 0.2) is 48.8 Å². The molecule has 45 heavy (non-hydrogen) atoms. The van der Waals surface area contributed by atoms with Crippen molar-refractivity contribution in [3.05, 3.63) is 65.7 Å². The Bertz CT molecular complexity index is 1760. The largest absolute Gasteiger partial charge is 0.505 e. The molecule has 242 valence electrons. The van der Waals surface area contributed by atoms with Gasteiger partial charge in [-0.15, -0.1) is 0 Å². The van der Waals surface area contributed by atoms with Gasteiger partial charge in [-0.3, -0.25) is 19.1 Å². The van der Waals surface area contributed by atoms with E-state index in [9.17, 15) is 41.9 Å². The van der Waals surface area contributed by atoms with Crippen LogP contribution in [0.1, 0.15) is 29.8 Å². The molecule has 2 heterocycles. The van der Waals surface area contributed by atoms with Crippen LogP contribution >= 0.6 is 7.52 Å². The molecule has 3 N–H and O–H groups in total. The Hall–Kier alpha value is -4.20. The van der Waals surface area contributed by atoms with Crippen LogP contribution < -0.4 is 5.09 Å². The number of hydrogen-bond acceptors (Lipinski definition) is 8. The van der Waals surface area contributed by atoms with Gasteiger partial charge >= 0.3 is 12.1 Å². The van der Waals surface area contributed by atoms with Gasteiger partial charge < -0.3 is 28.9 Å². The number of aromatic hydroxyl groups is 2. The second-order valence-electron chi connectivity index (χ2n) is 10.2. The predicted molar refractivity (Wildman–Crippen MR) is 157 cm³/mol. The van der Waals surface area contributed by atoms with Crippen LogP contribution in [0.4, 0.5) is 17.6 Å². The van der Waals surface area contributed by atoms with E-state index in [0.29, 0.717) is 5.56 Å². The third-order valence-corrected chi connectivity index (χ3v) is 9.00. The average molecular weight is 655 g/mol. The number of hydrogen-bond donors (Lipinski definition) is 3. The number of esters is 1. The van der Waals surface area contributed by atoms with Crippen molar-refractivity contribution in [3.8, 4) is 11.6 Å². The first-order valence-corrected chi connectivity index (χ1v) is 15.5. The number of nitrogens with one attached hydrogen (secondary N) is 1. The molecule has 0 aliphatic carbocycles. The van der Waals surface area contributed by atoms with Crippen LogP contribution in [-0.2, 0) is 25.2 Å². The summed E-state index contributed by atoms with van der Waals surface area (Å²) in [5.74, 6) is -2.79. The Morgan fingerprint density at radius 3 is 2.49 bits per heavy atom. The molecular formula is C29H31F4N4O7P. The maximum atomic E-state index is 13.9. The normalized spacial score (nSPS) is 13.9. The predicted octanol–water partition coefficient (Wildman–Crippen LogP) is 5.17. The number of halogens is 4. The molecule has 2 atom stereocenters. The first-order chi connectivity index (χ1) is 21.1. The monoisotopic (exact) mass is 654 g/mol. The number of amides is 1. The fourth-order valence-corrected chi connectivity index (χ4v) is 6.64. The van der Waals surface area contributed by atoms with Gasteiger partial charge in [0.05, 0.1) is 30.3 Å². The van der Waals surface area contributed by atoms with E-state index in [1.807, 2.05) is 0 Å². The number of nitrogens with zero attached hydrogens (tertiary/aromatic N) is 3. The van der Waals surface area contributed by atoms with Gasteiger partial charge in [0.25, 0.3) is 13.4 Å². The van der Waals surface area contributed by atoms with Crippen molar-refractivity contribution in [1.29, 1.82) is 0 Å². The number of alkyl halides is 3. The molecule has 4 rings (SSSR count). The maximum Gasteiger partial charge on any atom is 0.412 e. The summed E-state index contributed by atoms with van der Waals surface area (Å²) in [7, 11) is -3.05. The van der Waals surface area contributed by atoms with E-state index in [4.69, 9.17) is 9.26 Å². The van der Waals surface area contributed by atoms with Crippen molar-refractivity contribution in [1.82, 2.24) is 19.5 Å². The summed E-state index contributed by atoms with van der Waals surface area (Å²) in [5, 5.41) is 24.7. The third kappa shape index (κ3) is 7.72. The first-order valence-electron chi connectivity index (χ1n) is 13.7. The zero-order valence-corrected chi connectivity index (χ0v) is 25.4. The minimum absolute atomic E-state index is 0.000416. The second kappa shape index (κ2) is 13.4. The van der Waals surface area contributed by atoms with Gasteiger partial charge in [0, 0.05) is 36.8 Å². The fraction of sp³-hybridized carbons (Fsp3) is 0.345. The van der Waals surface area contributed by atoms with Gasteiger partial charge in [0.2, 0.25) is 5.88 Å². The van der Waals surface area contributed by atoms with Gasteiger partial charge in [0.15, 0.2) is 12.4 Å².